The van der Waals surface area contributed by atoms with E-state index >= 15 is 0 Å². The van der Waals surface area contributed by atoms with Crippen LogP contribution in [0.4, 0.5) is 0 Å². The zero-order valence-corrected chi connectivity index (χ0v) is 21.9. The van der Waals surface area contributed by atoms with Crippen molar-refractivity contribution in [2.24, 2.45) is 5.92 Å². The van der Waals surface area contributed by atoms with Gasteiger partial charge in [-0.15, -0.1) is 0 Å². The number of carbonyl (C=O) groups is 2. The second-order valence-electron chi connectivity index (χ2n) is 10.4. The van der Waals surface area contributed by atoms with Gasteiger partial charge in [0.05, 0.1) is 20.6 Å². The second-order valence-corrected chi connectivity index (χ2v) is 10.4. The number of nitrogens with one attached hydrogen (secondary N) is 1. The minimum absolute atomic E-state index is 0.118. The van der Waals surface area contributed by atoms with Crippen molar-refractivity contribution in [2.75, 3.05) is 33.7 Å². The van der Waals surface area contributed by atoms with Crippen LogP contribution in [0.5, 0.6) is 0 Å². The maximum Gasteiger partial charge on any atom is 0.359 e. The lowest BCUT2D eigenvalue weighted by molar-refractivity contribution is -0.883. The molecule has 0 saturated heterocycles. The molecule has 0 aromatic rings. The van der Waals surface area contributed by atoms with Crippen LogP contribution >= 0.6 is 0 Å². The molecule has 0 saturated carbocycles. The van der Waals surface area contributed by atoms with E-state index in [9.17, 15) is 9.59 Å². The molecule has 0 aliphatic heterocycles. The highest BCUT2D eigenvalue weighted by molar-refractivity contribution is 5.78. The smallest absolute Gasteiger partial charge is 0.359 e. The third kappa shape index (κ3) is 19.6. The molecular formula is C27H55N2O3+. The van der Waals surface area contributed by atoms with Crippen molar-refractivity contribution < 1.29 is 19.2 Å². The van der Waals surface area contributed by atoms with Gasteiger partial charge >= 0.3 is 5.97 Å². The van der Waals surface area contributed by atoms with Crippen LogP contribution in [-0.4, -0.2) is 55.2 Å². The molecule has 0 aromatic heterocycles. The Morgan fingerprint density at radius 3 is 1.59 bits per heavy atom. The van der Waals surface area contributed by atoms with Gasteiger partial charge < -0.3 is 14.9 Å². The molecular weight excluding hydrogens is 400 g/mol. The van der Waals surface area contributed by atoms with Crippen LogP contribution in [0.15, 0.2) is 0 Å². The molecule has 32 heavy (non-hydrogen) atoms. The molecule has 0 bridgehead atoms. The molecule has 0 aliphatic rings. The van der Waals surface area contributed by atoms with E-state index in [4.69, 9.17) is 5.11 Å². The Labute approximate surface area is 199 Å². The van der Waals surface area contributed by atoms with Gasteiger partial charge in [0.15, 0.2) is 6.54 Å². The van der Waals surface area contributed by atoms with Crippen LogP contribution in [0.1, 0.15) is 123 Å². The molecule has 5 nitrogen and oxygen atoms in total. The van der Waals surface area contributed by atoms with Crippen LogP contribution < -0.4 is 5.32 Å². The standard InChI is InChI=1S/C27H54N2O3/c1-5-7-9-11-13-14-16-18-21-25(20-17-15-12-10-8-6-2)27(32)28-22-19-23-29(3,4)24-26(30)31/h25H,5-24H2,1-4H3,(H-,28,30,31,32)/p+1. The number of quaternary nitrogens is 1. The Bertz CT molecular complexity index is 466. The molecule has 0 spiro atoms. The molecule has 190 valence electrons. The number of carbonyl (C=O) groups excluding carboxylic acids is 1. The summed E-state index contributed by atoms with van der Waals surface area (Å²) in [7, 11) is 3.86. The third-order valence-corrected chi connectivity index (χ3v) is 6.49. The van der Waals surface area contributed by atoms with E-state index in [0.717, 1.165) is 38.6 Å². The highest BCUT2D eigenvalue weighted by Gasteiger charge is 2.20. The molecule has 0 aromatic carbocycles. The average molecular weight is 456 g/mol. The highest BCUT2D eigenvalue weighted by Crippen LogP contribution is 2.20. The van der Waals surface area contributed by atoms with Crippen molar-refractivity contribution in [3.8, 4) is 0 Å². The number of rotatable bonds is 23. The number of likely N-dealkylation sites (N-methyl/N-ethyl adjacent to an activating group) is 1. The van der Waals surface area contributed by atoms with Gasteiger partial charge in [0.25, 0.3) is 0 Å². The molecule has 1 amide bonds. The maximum atomic E-state index is 12.8. The van der Waals surface area contributed by atoms with Crippen molar-refractivity contribution in [3.63, 3.8) is 0 Å². The minimum atomic E-state index is -0.775. The van der Waals surface area contributed by atoms with Gasteiger partial charge in [0, 0.05) is 18.9 Å². The first-order valence-electron chi connectivity index (χ1n) is 13.6. The summed E-state index contributed by atoms with van der Waals surface area (Å²) in [6.45, 7) is 6.02. The summed E-state index contributed by atoms with van der Waals surface area (Å²) >= 11 is 0. The molecule has 0 heterocycles. The molecule has 5 heteroatoms. The zero-order valence-electron chi connectivity index (χ0n) is 21.9. The van der Waals surface area contributed by atoms with E-state index in [1.807, 2.05) is 14.1 Å². The number of carboxylic acid groups (broad SMARTS) is 1. The van der Waals surface area contributed by atoms with Gasteiger partial charge in [-0.25, -0.2) is 4.79 Å². The van der Waals surface area contributed by atoms with E-state index in [1.165, 1.54) is 77.0 Å². The summed E-state index contributed by atoms with van der Waals surface area (Å²) in [5, 5.41) is 12.2. The van der Waals surface area contributed by atoms with E-state index < -0.39 is 5.97 Å². The molecule has 1 atom stereocenters. The van der Waals surface area contributed by atoms with Gasteiger partial charge in [0.2, 0.25) is 5.91 Å². The zero-order chi connectivity index (χ0) is 24.1. The average Bonchev–Trinajstić information content (AvgIpc) is 2.73. The normalized spacial score (nSPS) is 12.6. The van der Waals surface area contributed by atoms with Crippen LogP contribution in [-0.2, 0) is 9.59 Å². The SMILES string of the molecule is CCCCCCCCCCC(CCCCCCCC)C(=O)NCCC[N+](C)(C)CC(=O)O. The van der Waals surface area contributed by atoms with Crippen LogP contribution in [0, 0.1) is 5.92 Å². The van der Waals surface area contributed by atoms with E-state index in [0.29, 0.717) is 11.0 Å². The topological polar surface area (TPSA) is 66.4 Å². The van der Waals surface area contributed by atoms with Gasteiger partial charge in [0.1, 0.15) is 0 Å². The fourth-order valence-corrected chi connectivity index (χ4v) is 4.41. The molecule has 0 rings (SSSR count). The third-order valence-electron chi connectivity index (χ3n) is 6.49. The first-order chi connectivity index (χ1) is 15.3. The molecule has 0 aliphatic carbocycles. The quantitative estimate of drug-likeness (QED) is 0.136. The molecule has 0 fully saturated rings. The number of unbranched alkanes of at least 4 members (excludes halogenated alkanes) is 12. The number of carboxylic acids is 1. The lowest BCUT2D eigenvalue weighted by Crippen LogP contribution is -2.45. The van der Waals surface area contributed by atoms with Crippen LogP contribution in [0.25, 0.3) is 0 Å². The number of nitrogens with zero attached hydrogens (tertiary/aromatic N) is 1. The van der Waals surface area contributed by atoms with Crippen molar-refractivity contribution in [3.05, 3.63) is 0 Å². The minimum Gasteiger partial charge on any atom is -0.477 e. The second kappa shape index (κ2) is 20.5. The van der Waals surface area contributed by atoms with E-state index in [1.54, 1.807) is 0 Å². The predicted molar refractivity (Wildman–Crippen MR) is 136 cm³/mol. The Balaban J connectivity index is 4.26. The summed E-state index contributed by atoms with van der Waals surface area (Å²) in [6.07, 6.45) is 20.8. The maximum absolute atomic E-state index is 12.8. The van der Waals surface area contributed by atoms with Gasteiger partial charge in [-0.05, 0) is 12.8 Å². The fraction of sp³-hybridized carbons (Fsp3) is 0.926. The lowest BCUT2D eigenvalue weighted by Gasteiger charge is -2.27. The Morgan fingerprint density at radius 2 is 1.16 bits per heavy atom. The van der Waals surface area contributed by atoms with Gasteiger partial charge in [-0.2, -0.15) is 0 Å². The van der Waals surface area contributed by atoms with Crippen LogP contribution in [0.3, 0.4) is 0 Å². The molecule has 2 N–H and O–H groups in total. The van der Waals surface area contributed by atoms with Gasteiger partial charge in [-0.3, -0.25) is 4.79 Å². The van der Waals surface area contributed by atoms with E-state index in [-0.39, 0.29) is 18.4 Å². The number of hydrogen-bond acceptors (Lipinski definition) is 2. The van der Waals surface area contributed by atoms with Crippen molar-refractivity contribution >= 4 is 11.9 Å². The Morgan fingerprint density at radius 1 is 0.719 bits per heavy atom. The Kier molecular flexibility index (Phi) is 19.8. The van der Waals surface area contributed by atoms with Crippen molar-refractivity contribution in [2.45, 2.75) is 123 Å². The summed E-state index contributed by atoms with van der Waals surface area (Å²) in [5.41, 5.74) is 0. The van der Waals surface area contributed by atoms with Crippen molar-refractivity contribution in [1.29, 1.82) is 0 Å². The predicted octanol–water partition coefficient (Wildman–Crippen LogP) is 6.55. The van der Waals surface area contributed by atoms with Gasteiger partial charge in [-0.1, -0.05) is 104 Å². The highest BCUT2D eigenvalue weighted by atomic mass is 16.4. The largest absolute Gasteiger partial charge is 0.477 e. The monoisotopic (exact) mass is 455 g/mol. The van der Waals surface area contributed by atoms with Crippen molar-refractivity contribution in [1.82, 2.24) is 5.32 Å². The first-order valence-corrected chi connectivity index (χ1v) is 13.6. The molecule has 1 unspecified atom stereocenters. The fourth-order valence-electron chi connectivity index (χ4n) is 4.41. The number of aliphatic carboxylic acids is 1. The van der Waals surface area contributed by atoms with Crippen LogP contribution in [0.2, 0.25) is 0 Å². The summed E-state index contributed by atoms with van der Waals surface area (Å²) < 4.78 is 0.449. The molecule has 0 radical (unpaired) electrons. The summed E-state index contributed by atoms with van der Waals surface area (Å²) in [5.74, 6) is -0.420. The summed E-state index contributed by atoms with van der Waals surface area (Å²) in [4.78, 5) is 23.8. The Hall–Kier alpha value is -1.10. The number of amides is 1. The lowest BCUT2D eigenvalue weighted by atomic mass is 9.93. The summed E-state index contributed by atoms with van der Waals surface area (Å²) in [6, 6.07) is 0. The first kappa shape index (κ1) is 30.9. The van der Waals surface area contributed by atoms with E-state index in [2.05, 4.69) is 19.2 Å². The number of hydrogen-bond donors (Lipinski definition) is 2.